The summed E-state index contributed by atoms with van der Waals surface area (Å²) in [6.45, 7) is 13.4. The number of aromatic nitrogens is 2. The second-order valence-electron chi connectivity index (χ2n) is 9.55. The van der Waals surface area contributed by atoms with Crippen LogP contribution in [0.25, 0.3) is 5.69 Å². The fourth-order valence-corrected chi connectivity index (χ4v) is 5.36. The van der Waals surface area contributed by atoms with Gasteiger partial charge in [0.1, 0.15) is 5.82 Å². The minimum atomic E-state index is 0.262. The van der Waals surface area contributed by atoms with Gasteiger partial charge in [-0.25, -0.2) is 4.98 Å². The summed E-state index contributed by atoms with van der Waals surface area (Å²) in [5.41, 5.74) is 2.44. The minimum absolute atomic E-state index is 0.262. The van der Waals surface area contributed by atoms with Crippen molar-refractivity contribution in [3.05, 3.63) is 48.0 Å². The second-order valence-corrected chi connectivity index (χ2v) is 9.55. The topological polar surface area (TPSA) is 47.8 Å². The van der Waals surface area contributed by atoms with Gasteiger partial charge in [-0.2, -0.15) is 0 Å². The zero-order valence-electron chi connectivity index (χ0n) is 19.5. The van der Waals surface area contributed by atoms with Gasteiger partial charge in [-0.1, -0.05) is 12.1 Å². The predicted molar refractivity (Wildman–Crippen MR) is 126 cm³/mol. The lowest BCUT2D eigenvalue weighted by Crippen LogP contribution is -2.58. The third-order valence-corrected chi connectivity index (χ3v) is 7.14. The molecule has 0 aliphatic carbocycles. The van der Waals surface area contributed by atoms with Gasteiger partial charge in [0.05, 0.1) is 6.54 Å². The van der Waals surface area contributed by atoms with Crippen LogP contribution in [0.1, 0.15) is 44.5 Å². The van der Waals surface area contributed by atoms with Crippen LogP contribution in [0, 0.1) is 6.92 Å². The number of imidazole rings is 1. The minimum Gasteiger partial charge on any atom is -0.396 e. The Balaban J connectivity index is 1.40. The monoisotopic (exact) mass is 425 g/mol. The van der Waals surface area contributed by atoms with Crippen LogP contribution >= 0.6 is 0 Å². The maximum Gasteiger partial charge on any atom is 0.127 e. The molecule has 1 aromatic heterocycles. The molecule has 1 N–H and O–H groups in total. The van der Waals surface area contributed by atoms with E-state index in [4.69, 9.17) is 0 Å². The first kappa shape index (κ1) is 22.5. The van der Waals surface area contributed by atoms with Crippen LogP contribution in [-0.4, -0.2) is 86.8 Å². The molecular weight excluding hydrogens is 386 g/mol. The van der Waals surface area contributed by atoms with Gasteiger partial charge < -0.3 is 14.6 Å². The summed E-state index contributed by atoms with van der Waals surface area (Å²) in [6.07, 6.45) is 7.32. The van der Waals surface area contributed by atoms with E-state index in [1.165, 1.54) is 37.2 Å². The molecule has 2 saturated heterocycles. The van der Waals surface area contributed by atoms with Gasteiger partial charge in [0.15, 0.2) is 0 Å². The Labute approximate surface area is 187 Å². The van der Waals surface area contributed by atoms with Crippen LogP contribution in [-0.2, 0) is 6.54 Å². The third kappa shape index (κ3) is 5.37. The molecule has 6 heteroatoms. The van der Waals surface area contributed by atoms with E-state index in [9.17, 15) is 5.11 Å². The number of aliphatic hydroxyl groups excluding tert-OH is 1. The molecule has 0 radical (unpaired) electrons. The van der Waals surface area contributed by atoms with Crippen LogP contribution in [0.2, 0.25) is 0 Å². The fourth-order valence-electron chi connectivity index (χ4n) is 5.36. The van der Waals surface area contributed by atoms with Crippen molar-refractivity contribution in [2.45, 2.75) is 64.7 Å². The van der Waals surface area contributed by atoms with E-state index in [1.807, 2.05) is 6.20 Å². The Morgan fingerprint density at radius 1 is 1.13 bits per heavy atom. The number of benzene rings is 1. The number of hydrogen-bond acceptors (Lipinski definition) is 5. The highest BCUT2D eigenvalue weighted by atomic mass is 16.3. The number of likely N-dealkylation sites (tertiary alicyclic amines) is 1. The first-order valence-electron chi connectivity index (χ1n) is 12.0. The first-order valence-corrected chi connectivity index (χ1v) is 12.0. The van der Waals surface area contributed by atoms with E-state index in [2.05, 4.69) is 75.5 Å². The standard InChI is InChI=1S/C25H39N5O/c1-20(2)28-11-7-22(8-12-28)29-15-14-27(18-24(29)9-16-31)19-25-26-10-13-30(25)23-6-4-5-21(3)17-23/h4-6,10,13,17,20,22,24,31H,7-9,11-12,14-16,18-19H2,1-3H3. The quantitative estimate of drug-likeness (QED) is 0.739. The zero-order chi connectivity index (χ0) is 21.8. The average Bonchev–Trinajstić information content (AvgIpc) is 3.22. The van der Waals surface area contributed by atoms with Crippen LogP contribution in [0.4, 0.5) is 0 Å². The van der Waals surface area contributed by atoms with E-state index in [0.717, 1.165) is 38.4 Å². The predicted octanol–water partition coefficient (Wildman–Crippen LogP) is 2.92. The number of nitrogens with zero attached hydrogens (tertiary/aromatic N) is 5. The van der Waals surface area contributed by atoms with Crippen molar-refractivity contribution >= 4 is 0 Å². The van der Waals surface area contributed by atoms with Crippen LogP contribution in [0.5, 0.6) is 0 Å². The highest BCUT2D eigenvalue weighted by Gasteiger charge is 2.34. The molecule has 3 heterocycles. The maximum absolute atomic E-state index is 9.74. The number of hydrogen-bond donors (Lipinski definition) is 1. The highest BCUT2D eigenvalue weighted by Crippen LogP contribution is 2.25. The van der Waals surface area contributed by atoms with E-state index < -0.39 is 0 Å². The average molecular weight is 426 g/mol. The molecule has 4 rings (SSSR count). The zero-order valence-corrected chi connectivity index (χ0v) is 19.5. The molecular formula is C25H39N5O. The fraction of sp³-hybridized carbons (Fsp3) is 0.640. The molecule has 170 valence electrons. The van der Waals surface area contributed by atoms with Crippen molar-refractivity contribution in [2.75, 3.05) is 39.3 Å². The number of rotatable bonds is 7. The smallest absolute Gasteiger partial charge is 0.127 e. The van der Waals surface area contributed by atoms with Gasteiger partial charge in [-0.3, -0.25) is 9.80 Å². The van der Waals surface area contributed by atoms with Crippen molar-refractivity contribution in [1.29, 1.82) is 0 Å². The number of aliphatic hydroxyl groups is 1. The molecule has 2 fully saturated rings. The van der Waals surface area contributed by atoms with Crippen molar-refractivity contribution in [1.82, 2.24) is 24.3 Å². The van der Waals surface area contributed by atoms with Gasteiger partial charge in [-0.05, 0) is 70.8 Å². The molecule has 0 amide bonds. The Hall–Kier alpha value is -1.73. The summed E-state index contributed by atoms with van der Waals surface area (Å²) in [5.74, 6) is 1.09. The first-order chi connectivity index (χ1) is 15.0. The molecule has 2 aliphatic rings. The third-order valence-electron chi connectivity index (χ3n) is 7.14. The summed E-state index contributed by atoms with van der Waals surface area (Å²) in [4.78, 5) is 12.5. The van der Waals surface area contributed by atoms with Crippen molar-refractivity contribution in [3.63, 3.8) is 0 Å². The van der Waals surface area contributed by atoms with E-state index in [0.29, 0.717) is 18.1 Å². The molecule has 1 atom stereocenters. The number of piperazine rings is 1. The van der Waals surface area contributed by atoms with Crippen molar-refractivity contribution in [3.8, 4) is 5.69 Å². The summed E-state index contributed by atoms with van der Waals surface area (Å²) < 4.78 is 2.21. The lowest BCUT2D eigenvalue weighted by Gasteiger charge is -2.48. The summed E-state index contributed by atoms with van der Waals surface area (Å²) in [6, 6.07) is 10.3. The molecule has 0 spiro atoms. The summed E-state index contributed by atoms with van der Waals surface area (Å²) in [5, 5.41) is 9.74. The molecule has 0 saturated carbocycles. The molecule has 0 bridgehead atoms. The Morgan fingerprint density at radius 3 is 2.65 bits per heavy atom. The summed E-state index contributed by atoms with van der Waals surface area (Å²) >= 11 is 0. The van der Waals surface area contributed by atoms with Gasteiger partial charge in [0.2, 0.25) is 0 Å². The molecule has 2 aromatic rings. The Morgan fingerprint density at radius 2 is 1.94 bits per heavy atom. The van der Waals surface area contributed by atoms with Crippen molar-refractivity contribution < 1.29 is 5.11 Å². The largest absolute Gasteiger partial charge is 0.396 e. The lowest BCUT2D eigenvalue weighted by molar-refractivity contribution is -0.000777. The maximum atomic E-state index is 9.74. The normalized spacial score (nSPS) is 22.4. The van der Waals surface area contributed by atoms with Gasteiger partial charge in [0, 0.05) is 62.4 Å². The van der Waals surface area contributed by atoms with Crippen LogP contribution in [0.15, 0.2) is 36.7 Å². The van der Waals surface area contributed by atoms with E-state index in [-0.39, 0.29) is 6.61 Å². The van der Waals surface area contributed by atoms with Crippen molar-refractivity contribution in [2.24, 2.45) is 0 Å². The molecule has 1 aromatic carbocycles. The molecule has 1 unspecified atom stereocenters. The Bertz CT molecular complexity index is 827. The van der Waals surface area contributed by atoms with Crippen LogP contribution < -0.4 is 0 Å². The SMILES string of the molecule is Cc1cccc(-n2ccnc2CN2CCN(C3CCN(C(C)C)CC3)C(CCO)C2)c1. The Kier molecular flexibility index (Phi) is 7.43. The van der Waals surface area contributed by atoms with Gasteiger partial charge in [-0.15, -0.1) is 0 Å². The van der Waals surface area contributed by atoms with Gasteiger partial charge >= 0.3 is 0 Å². The highest BCUT2D eigenvalue weighted by molar-refractivity contribution is 5.36. The summed E-state index contributed by atoms with van der Waals surface area (Å²) in [7, 11) is 0. The molecule has 31 heavy (non-hydrogen) atoms. The number of piperidine rings is 1. The second kappa shape index (κ2) is 10.3. The number of aryl methyl sites for hydroxylation is 1. The lowest BCUT2D eigenvalue weighted by atomic mass is 9.97. The van der Waals surface area contributed by atoms with E-state index in [1.54, 1.807) is 0 Å². The van der Waals surface area contributed by atoms with Gasteiger partial charge in [0.25, 0.3) is 0 Å². The molecule has 2 aliphatic heterocycles. The molecule has 6 nitrogen and oxygen atoms in total. The van der Waals surface area contributed by atoms with E-state index >= 15 is 0 Å². The van der Waals surface area contributed by atoms with Crippen LogP contribution in [0.3, 0.4) is 0 Å².